The number of piperazine rings is 1. The lowest BCUT2D eigenvalue weighted by atomic mass is 9.91. The number of nitrogens with zero attached hydrogens (tertiary/aromatic N) is 2. The van der Waals surface area contributed by atoms with E-state index in [9.17, 15) is 4.79 Å². The van der Waals surface area contributed by atoms with E-state index in [0.717, 1.165) is 38.6 Å². The number of rotatable bonds is 3. The van der Waals surface area contributed by atoms with Gasteiger partial charge in [0, 0.05) is 51.4 Å². The van der Waals surface area contributed by atoms with Crippen LogP contribution in [0.1, 0.15) is 19.8 Å². The van der Waals surface area contributed by atoms with Crippen LogP contribution in [0.5, 0.6) is 0 Å². The van der Waals surface area contributed by atoms with Gasteiger partial charge in [0.05, 0.1) is 0 Å². The van der Waals surface area contributed by atoms with Crippen molar-refractivity contribution in [2.75, 3.05) is 45.8 Å². The van der Waals surface area contributed by atoms with Gasteiger partial charge in [-0.2, -0.15) is 0 Å². The summed E-state index contributed by atoms with van der Waals surface area (Å²) < 4.78 is 0. The van der Waals surface area contributed by atoms with E-state index in [2.05, 4.69) is 32.9 Å². The second-order valence-electron chi connectivity index (χ2n) is 6.82. The molecule has 3 N–H and O–H groups in total. The number of hydrogen-bond acceptors (Lipinski definition) is 5. The Morgan fingerprint density at radius 3 is 2.77 bits per heavy atom. The molecule has 1 amide bonds. The van der Waals surface area contributed by atoms with Gasteiger partial charge in [0.1, 0.15) is 5.38 Å². The van der Waals surface area contributed by atoms with Crippen LogP contribution in [0.2, 0.25) is 0 Å². The van der Waals surface area contributed by atoms with Gasteiger partial charge in [0.2, 0.25) is 0 Å². The van der Waals surface area contributed by atoms with Crippen LogP contribution in [0.15, 0.2) is 0 Å². The SMILES string of the molecule is CC1NCCCC1CN1CCN(C2CNNC(=O)C2Cl)CC1. The minimum Gasteiger partial charge on any atom is -0.314 e. The van der Waals surface area contributed by atoms with E-state index in [-0.39, 0.29) is 11.9 Å². The summed E-state index contributed by atoms with van der Waals surface area (Å²) in [4.78, 5) is 16.6. The highest BCUT2D eigenvalue weighted by Gasteiger charge is 2.36. The topological polar surface area (TPSA) is 59.6 Å². The Hall–Kier alpha value is -0.400. The molecule has 0 aromatic heterocycles. The van der Waals surface area contributed by atoms with E-state index in [0.29, 0.717) is 6.04 Å². The van der Waals surface area contributed by atoms with E-state index in [1.165, 1.54) is 25.9 Å². The number of hydrogen-bond donors (Lipinski definition) is 3. The van der Waals surface area contributed by atoms with Gasteiger partial charge >= 0.3 is 0 Å². The van der Waals surface area contributed by atoms with Crippen molar-refractivity contribution in [1.29, 1.82) is 0 Å². The van der Waals surface area contributed by atoms with Crippen LogP contribution in [0.3, 0.4) is 0 Å². The maximum absolute atomic E-state index is 11.7. The first-order valence-corrected chi connectivity index (χ1v) is 8.95. The molecule has 0 aromatic carbocycles. The summed E-state index contributed by atoms with van der Waals surface area (Å²) in [6.07, 6.45) is 2.64. The predicted molar refractivity (Wildman–Crippen MR) is 87.8 cm³/mol. The zero-order chi connectivity index (χ0) is 15.5. The quantitative estimate of drug-likeness (QED) is 0.615. The lowest BCUT2D eigenvalue weighted by Crippen LogP contribution is -2.64. The molecule has 126 valence electrons. The lowest BCUT2D eigenvalue weighted by Gasteiger charge is -2.43. The molecule has 3 saturated heterocycles. The summed E-state index contributed by atoms with van der Waals surface area (Å²) >= 11 is 6.26. The summed E-state index contributed by atoms with van der Waals surface area (Å²) in [5.74, 6) is 0.658. The molecule has 3 heterocycles. The van der Waals surface area contributed by atoms with Gasteiger partial charge in [0.25, 0.3) is 5.91 Å². The highest BCUT2D eigenvalue weighted by molar-refractivity contribution is 6.31. The molecule has 0 aliphatic carbocycles. The first-order valence-electron chi connectivity index (χ1n) is 8.51. The number of halogens is 1. The Labute approximate surface area is 137 Å². The van der Waals surface area contributed by atoms with Gasteiger partial charge in [0.15, 0.2) is 0 Å². The van der Waals surface area contributed by atoms with Crippen LogP contribution in [0, 0.1) is 5.92 Å². The van der Waals surface area contributed by atoms with Crippen molar-refractivity contribution in [1.82, 2.24) is 26.0 Å². The number of carbonyl (C=O) groups is 1. The summed E-state index contributed by atoms with van der Waals surface area (Å²) in [5.41, 5.74) is 5.55. The van der Waals surface area contributed by atoms with Crippen LogP contribution in [0.4, 0.5) is 0 Å². The molecule has 4 unspecified atom stereocenters. The van der Waals surface area contributed by atoms with Gasteiger partial charge in [-0.1, -0.05) is 0 Å². The van der Waals surface area contributed by atoms with E-state index >= 15 is 0 Å². The minimum absolute atomic E-state index is 0.104. The van der Waals surface area contributed by atoms with E-state index in [1.807, 2.05) is 0 Å². The number of piperidine rings is 1. The molecule has 3 fully saturated rings. The molecule has 3 aliphatic heterocycles. The fourth-order valence-electron chi connectivity index (χ4n) is 3.87. The molecule has 7 heteroatoms. The zero-order valence-electron chi connectivity index (χ0n) is 13.4. The molecule has 0 radical (unpaired) electrons. The normalized spacial score (nSPS) is 38.7. The minimum atomic E-state index is -0.449. The Morgan fingerprint density at radius 2 is 2.05 bits per heavy atom. The zero-order valence-corrected chi connectivity index (χ0v) is 14.1. The Balaban J connectivity index is 1.47. The average Bonchev–Trinajstić information content (AvgIpc) is 2.53. The van der Waals surface area contributed by atoms with Gasteiger partial charge in [-0.3, -0.25) is 15.1 Å². The highest BCUT2D eigenvalue weighted by Crippen LogP contribution is 2.20. The van der Waals surface area contributed by atoms with E-state index in [4.69, 9.17) is 11.6 Å². The maximum atomic E-state index is 11.7. The Kier molecular flexibility index (Phi) is 5.57. The molecular weight excluding hydrogens is 302 g/mol. The largest absolute Gasteiger partial charge is 0.314 e. The summed E-state index contributed by atoms with van der Waals surface area (Å²) in [7, 11) is 0. The van der Waals surface area contributed by atoms with E-state index < -0.39 is 5.38 Å². The summed E-state index contributed by atoms with van der Waals surface area (Å²) in [6.45, 7) is 9.54. The molecule has 3 rings (SSSR count). The van der Waals surface area contributed by atoms with Crippen molar-refractivity contribution in [3.05, 3.63) is 0 Å². The lowest BCUT2D eigenvalue weighted by molar-refractivity contribution is -0.125. The van der Waals surface area contributed by atoms with Crippen LogP contribution >= 0.6 is 11.6 Å². The van der Waals surface area contributed by atoms with Gasteiger partial charge in [-0.25, -0.2) is 5.43 Å². The van der Waals surface area contributed by atoms with Crippen LogP contribution < -0.4 is 16.2 Å². The van der Waals surface area contributed by atoms with Crippen molar-refractivity contribution in [2.45, 2.75) is 37.2 Å². The van der Waals surface area contributed by atoms with Crippen LogP contribution in [0.25, 0.3) is 0 Å². The number of nitrogens with one attached hydrogen (secondary N) is 3. The first kappa shape index (κ1) is 16.5. The van der Waals surface area contributed by atoms with Crippen LogP contribution in [-0.2, 0) is 4.79 Å². The van der Waals surface area contributed by atoms with Gasteiger partial charge in [-0.15, -0.1) is 11.6 Å². The van der Waals surface area contributed by atoms with Crippen molar-refractivity contribution in [3.8, 4) is 0 Å². The molecule has 0 aromatic rings. The molecule has 6 nitrogen and oxygen atoms in total. The van der Waals surface area contributed by atoms with Crippen molar-refractivity contribution < 1.29 is 4.79 Å². The summed E-state index contributed by atoms with van der Waals surface area (Å²) in [5, 5.41) is 3.14. The third-order valence-corrected chi connectivity index (χ3v) is 5.89. The van der Waals surface area contributed by atoms with Gasteiger partial charge in [-0.05, 0) is 32.2 Å². The highest BCUT2D eigenvalue weighted by atomic mass is 35.5. The van der Waals surface area contributed by atoms with Crippen LogP contribution in [-0.4, -0.2) is 79.0 Å². The number of carbonyl (C=O) groups excluding carboxylic acids is 1. The molecule has 0 bridgehead atoms. The molecule has 4 atom stereocenters. The molecule has 3 aliphatic rings. The van der Waals surface area contributed by atoms with Crippen molar-refractivity contribution >= 4 is 17.5 Å². The molecule has 22 heavy (non-hydrogen) atoms. The maximum Gasteiger partial charge on any atom is 0.253 e. The Bertz CT molecular complexity index is 388. The number of amides is 1. The Morgan fingerprint density at radius 1 is 1.27 bits per heavy atom. The van der Waals surface area contributed by atoms with Crippen molar-refractivity contribution in [3.63, 3.8) is 0 Å². The smallest absolute Gasteiger partial charge is 0.253 e. The third-order valence-electron chi connectivity index (χ3n) is 5.40. The molecule has 0 spiro atoms. The van der Waals surface area contributed by atoms with Crippen molar-refractivity contribution in [2.24, 2.45) is 5.92 Å². The summed E-state index contributed by atoms with van der Waals surface area (Å²) in [6, 6.07) is 0.734. The molecule has 0 saturated carbocycles. The number of alkyl halides is 1. The first-order chi connectivity index (χ1) is 10.6. The second-order valence-corrected chi connectivity index (χ2v) is 7.29. The average molecular weight is 330 g/mol. The second kappa shape index (κ2) is 7.45. The third kappa shape index (κ3) is 3.74. The predicted octanol–water partition coefficient (Wildman–Crippen LogP) is -0.397. The fraction of sp³-hybridized carbons (Fsp3) is 0.933. The monoisotopic (exact) mass is 329 g/mol. The standard InChI is InChI=1S/C15H28ClN5O/c1-11-12(3-2-4-17-11)10-20-5-7-21(8-6-20)13-9-18-19-15(22)14(13)16/h11-14,17-18H,2-10H2,1H3,(H,19,22). The van der Waals surface area contributed by atoms with Gasteiger partial charge < -0.3 is 10.2 Å². The number of hydrazine groups is 1. The van der Waals surface area contributed by atoms with E-state index in [1.54, 1.807) is 0 Å². The fourth-order valence-corrected chi connectivity index (χ4v) is 4.18. The molecular formula is C15H28ClN5O.